The van der Waals surface area contributed by atoms with E-state index < -0.39 is 12.1 Å². The molecule has 3 aromatic rings. The summed E-state index contributed by atoms with van der Waals surface area (Å²) >= 11 is 12.4. The summed E-state index contributed by atoms with van der Waals surface area (Å²) in [5.41, 5.74) is 3.66. The lowest BCUT2D eigenvalue weighted by Crippen LogP contribution is -2.48. The molecular weight excluding hydrogens is 537 g/mol. The third-order valence-electron chi connectivity index (χ3n) is 7.09. The number of fused-ring (bicyclic) bond motifs is 3. The summed E-state index contributed by atoms with van der Waals surface area (Å²) in [6.07, 6.45) is -0.411. The van der Waals surface area contributed by atoms with E-state index in [9.17, 15) is 14.7 Å². The molecule has 0 saturated carbocycles. The molecule has 0 saturated heterocycles. The highest BCUT2D eigenvalue weighted by Crippen LogP contribution is 2.32. The van der Waals surface area contributed by atoms with E-state index in [2.05, 4.69) is 5.32 Å². The molecule has 0 unspecified atom stereocenters. The minimum absolute atomic E-state index is 0.156. The number of rotatable bonds is 5. The van der Waals surface area contributed by atoms with Crippen molar-refractivity contribution in [2.24, 2.45) is 5.92 Å². The van der Waals surface area contributed by atoms with Crippen molar-refractivity contribution >= 4 is 40.8 Å². The zero-order valence-electron chi connectivity index (χ0n) is 22.2. The fourth-order valence-corrected chi connectivity index (χ4v) is 5.06. The summed E-state index contributed by atoms with van der Waals surface area (Å²) in [7, 11) is 1.68. The van der Waals surface area contributed by atoms with Crippen molar-refractivity contribution in [1.82, 2.24) is 9.80 Å². The maximum atomic E-state index is 13.9. The quantitative estimate of drug-likeness (QED) is 0.384. The number of carbonyl (C=O) groups is 2. The lowest BCUT2D eigenvalue weighted by Gasteiger charge is -2.35. The van der Waals surface area contributed by atoms with E-state index in [1.165, 1.54) is 4.90 Å². The molecule has 1 aliphatic rings. The molecule has 3 atom stereocenters. The van der Waals surface area contributed by atoms with Crippen LogP contribution >= 0.6 is 23.2 Å². The second-order valence-electron chi connectivity index (χ2n) is 9.93. The zero-order valence-corrected chi connectivity index (χ0v) is 23.7. The lowest BCUT2D eigenvalue weighted by molar-refractivity contribution is -0.0178. The van der Waals surface area contributed by atoms with E-state index in [-0.39, 0.29) is 36.0 Å². The number of halogens is 2. The monoisotopic (exact) mass is 569 g/mol. The number of hydrogen-bond donors (Lipinski definition) is 2. The third kappa shape index (κ3) is 6.56. The molecule has 0 radical (unpaired) electrons. The first kappa shape index (κ1) is 28.9. The number of hydrogen-bond acceptors (Lipinski definition) is 4. The number of nitrogens with one attached hydrogen (secondary N) is 1. The minimum Gasteiger partial charge on any atom is -0.394 e. The van der Waals surface area contributed by atoms with Gasteiger partial charge in [-0.15, -0.1) is 0 Å². The number of urea groups is 1. The van der Waals surface area contributed by atoms with Gasteiger partial charge in [0.2, 0.25) is 0 Å². The maximum Gasteiger partial charge on any atom is 0.321 e. The second-order valence-corrected chi connectivity index (χ2v) is 10.7. The third-order valence-corrected chi connectivity index (χ3v) is 7.91. The van der Waals surface area contributed by atoms with Crippen molar-refractivity contribution in [2.45, 2.75) is 32.6 Å². The number of amides is 3. The van der Waals surface area contributed by atoms with Crippen molar-refractivity contribution in [2.75, 3.05) is 32.1 Å². The number of ether oxygens (including phenoxy) is 1. The smallest absolute Gasteiger partial charge is 0.321 e. The Kier molecular flexibility index (Phi) is 9.51. The first-order chi connectivity index (χ1) is 18.7. The van der Waals surface area contributed by atoms with Crippen LogP contribution in [0.4, 0.5) is 10.5 Å². The van der Waals surface area contributed by atoms with Crippen LogP contribution in [0.1, 0.15) is 29.8 Å². The molecule has 39 heavy (non-hydrogen) atoms. The van der Waals surface area contributed by atoms with E-state index in [0.29, 0.717) is 29.4 Å². The van der Waals surface area contributed by atoms with Crippen LogP contribution in [0.5, 0.6) is 0 Å². The predicted octanol–water partition coefficient (Wildman–Crippen LogP) is 6.18. The molecule has 0 fully saturated rings. The Morgan fingerprint density at radius 2 is 1.74 bits per heavy atom. The predicted molar refractivity (Wildman–Crippen MR) is 155 cm³/mol. The van der Waals surface area contributed by atoms with Crippen LogP contribution in [0.25, 0.3) is 11.1 Å². The minimum atomic E-state index is -0.411. The summed E-state index contributed by atoms with van der Waals surface area (Å²) in [5, 5.41) is 13.4. The number of benzene rings is 3. The number of carbonyl (C=O) groups excluding carboxylic acids is 2. The fourth-order valence-electron chi connectivity index (χ4n) is 4.72. The van der Waals surface area contributed by atoms with E-state index in [1.807, 2.05) is 62.4 Å². The molecule has 4 rings (SSSR count). The summed E-state index contributed by atoms with van der Waals surface area (Å²) < 4.78 is 6.47. The van der Waals surface area contributed by atoms with Gasteiger partial charge in [-0.3, -0.25) is 4.79 Å². The Morgan fingerprint density at radius 1 is 1.08 bits per heavy atom. The Bertz CT molecular complexity index is 1340. The zero-order chi connectivity index (χ0) is 28.1. The SMILES string of the molecule is C[C@H]1CN([C@@H](C)CO)C(=O)c2ccccc2-c2ccccc2CO[C@@H]1CN(C)C(=O)Nc1cccc(Cl)c1Cl. The average molecular weight is 571 g/mol. The number of aliphatic hydroxyl groups is 1. The molecule has 1 aliphatic heterocycles. The van der Waals surface area contributed by atoms with Crippen LogP contribution in [0.3, 0.4) is 0 Å². The van der Waals surface area contributed by atoms with Gasteiger partial charge in [0.15, 0.2) is 0 Å². The van der Waals surface area contributed by atoms with Gasteiger partial charge in [0.25, 0.3) is 5.91 Å². The van der Waals surface area contributed by atoms with Crippen LogP contribution < -0.4 is 5.32 Å². The van der Waals surface area contributed by atoms with E-state index in [1.54, 1.807) is 30.1 Å². The molecule has 0 bridgehead atoms. The van der Waals surface area contributed by atoms with Gasteiger partial charge < -0.3 is 25.0 Å². The van der Waals surface area contributed by atoms with Gasteiger partial charge in [0.05, 0.1) is 41.1 Å². The van der Waals surface area contributed by atoms with Gasteiger partial charge in [0, 0.05) is 31.6 Å². The van der Waals surface area contributed by atoms with Gasteiger partial charge in [-0.1, -0.05) is 78.7 Å². The number of likely N-dealkylation sites (N-methyl/N-ethyl adjacent to an activating group) is 1. The van der Waals surface area contributed by atoms with Gasteiger partial charge in [-0.25, -0.2) is 4.79 Å². The molecule has 206 valence electrons. The molecule has 0 spiro atoms. The maximum absolute atomic E-state index is 13.9. The Labute approximate surface area is 239 Å². The Balaban J connectivity index is 1.65. The molecule has 7 nitrogen and oxygen atoms in total. The fraction of sp³-hybridized carbons (Fsp3) is 0.333. The molecule has 1 heterocycles. The summed E-state index contributed by atoms with van der Waals surface area (Å²) in [5.74, 6) is -0.318. The molecule has 0 aromatic heterocycles. The molecule has 3 aromatic carbocycles. The molecule has 0 aliphatic carbocycles. The molecular formula is C30H33Cl2N3O4. The van der Waals surface area contributed by atoms with Crippen molar-refractivity contribution in [3.8, 4) is 11.1 Å². The number of anilines is 1. The van der Waals surface area contributed by atoms with Crippen molar-refractivity contribution in [3.63, 3.8) is 0 Å². The highest BCUT2D eigenvalue weighted by Gasteiger charge is 2.31. The normalized spacial score (nSPS) is 18.4. The van der Waals surface area contributed by atoms with Crippen LogP contribution in [0, 0.1) is 5.92 Å². The van der Waals surface area contributed by atoms with Crippen molar-refractivity contribution in [3.05, 3.63) is 87.9 Å². The van der Waals surface area contributed by atoms with E-state index in [4.69, 9.17) is 27.9 Å². The summed E-state index contributed by atoms with van der Waals surface area (Å²) in [4.78, 5) is 30.2. The van der Waals surface area contributed by atoms with Crippen LogP contribution in [-0.4, -0.2) is 65.7 Å². The van der Waals surface area contributed by atoms with E-state index >= 15 is 0 Å². The van der Waals surface area contributed by atoms with Gasteiger partial charge in [0.1, 0.15) is 0 Å². The van der Waals surface area contributed by atoms with Crippen LogP contribution in [0.2, 0.25) is 10.0 Å². The van der Waals surface area contributed by atoms with E-state index in [0.717, 1.165) is 16.7 Å². The van der Waals surface area contributed by atoms with Crippen LogP contribution in [-0.2, 0) is 11.3 Å². The highest BCUT2D eigenvalue weighted by atomic mass is 35.5. The lowest BCUT2D eigenvalue weighted by atomic mass is 9.94. The molecule has 3 amide bonds. The standard InChI is InChI=1S/C30H33Cl2N3O4/c1-19-15-35(20(2)17-36)29(37)24-12-7-6-11-23(24)22-10-5-4-9-21(22)18-39-27(19)16-34(3)30(38)33-26-14-8-13-25(31)28(26)32/h4-14,19-20,27,36H,15-18H2,1-3H3,(H,33,38)/t19-,20-,27+/m0/s1. The summed E-state index contributed by atoms with van der Waals surface area (Å²) in [6.45, 7) is 4.54. The molecule has 2 N–H and O–H groups in total. The first-order valence-corrected chi connectivity index (χ1v) is 13.6. The largest absolute Gasteiger partial charge is 0.394 e. The Morgan fingerprint density at radius 3 is 2.46 bits per heavy atom. The number of aliphatic hydroxyl groups excluding tert-OH is 1. The van der Waals surface area contributed by atoms with Gasteiger partial charge >= 0.3 is 6.03 Å². The van der Waals surface area contributed by atoms with Gasteiger partial charge in [-0.2, -0.15) is 0 Å². The van der Waals surface area contributed by atoms with Crippen LogP contribution in [0.15, 0.2) is 66.7 Å². The Hall–Kier alpha value is -3.10. The van der Waals surface area contributed by atoms with Crippen molar-refractivity contribution < 1.29 is 19.4 Å². The topological polar surface area (TPSA) is 82.1 Å². The first-order valence-electron chi connectivity index (χ1n) is 12.9. The average Bonchev–Trinajstić information content (AvgIpc) is 2.96. The van der Waals surface area contributed by atoms with Gasteiger partial charge in [-0.05, 0) is 41.8 Å². The summed E-state index contributed by atoms with van der Waals surface area (Å²) in [6, 6.07) is 19.6. The highest BCUT2D eigenvalue weighted by molar-refractivity contribution is 6.43. The van der Waals surface area contributed by atoms with Crippen molar-refractivity contribution in [1.29, 1.82) is 0 Å². The molecule has 9 heteroatoms. The number of nitrogens with zero attached hydrogens (tertiary/aromatic N) is 2. The second kappa shape index (κ2) is 12.8.